The molecule has 1 aliphatic heterocycles. The van der Waals surface area contributed by atoms with Crippen molar-refractivity contribution in [3.63, 3.8) is 0 Å². The van der Waals surface area contributed by atoms with Gasteiger partial charge in [-0.05, 0) is 46.7 Å². The summed E-state index contributed by atoms with van der Waals surface area (Å²) in [4.78, 5) is 19.1. The van der Waals surface area contributed by atoms with Crippen molar-refractivity contribution in [2.45, 2.75) is 44.6 Å². The van der Waals surface area contributed by atoms with E-state index in [1.165, 1.54) is 16.7 Å². The number of aromatic nitrogens is 1. The number of likely N-dealkylation sites (N-methyl/N-ethyl adjacent to an activating group) is 1. The van der Waals surface area contributed by atoms with Gasteiger partial charge in [0.1, 0.15) is 6.07 Å². The summed E-state index contributed by atoms with van der Waals surface area (Å²) in [6.45, 7) is 8.46. The van der Waals surface area contributed by atoms with E-state index in [0.29, 0.717) is 5.56 Å². The minimum absolute atomic E-state index is 0.00983. The number of hydrogen-bond acceptors (Lipinski definition) is 4. The van der Waals surface area contributed by atoms with Crippen LogP contribution in [0.3, 0.4) is 0 Å². The molecular weight excluding hydrogens is 422 g/mol. The van der Waals surface area contributed by atoms with Gasteiger partial charge < -0.3 is 5.32 Å². The van der Waals surface area contributed by atoms with Gasteiger partial charge in [0.05, 0.1) is 17.0 Å². The number of carbonyl (C=O) groups is 1. The van der Waals surface area contributed by atoms with Crippen LogP contribution in [0, 0.1) is 16.7 Å². The van der Waals surface area contributed by atoms with Crippen LogP contribution in [0.5, 0.6) is 0 Å². The number of guanidine groups is 1. The number of hydrogen-bond donors (Lipinski definition) is 2. The SMILES string of the molecule is CN1C(=N)N[C@](C)(c2cccc(-c3cncc(C#N)c3)c2)[C@@H](c2ccc(C(C)(C)C)cc2)C1=O. The van der Waals surface area contributed by atoms with Crippen LogP contribution < -0.4 is 5.32 Å². The van der Waals surface area contributed by atoms with Gasteiger partial charge in [-0.25, -0.2) is 0 Å². The van der Waals surface area contributed by atoms with Crippen molar-refractivity contribution in [2.24, 2.45) is 0 Å². The molecule has 1 saturated heterocycles. The molecule has 0 bridgehead atoms. The van der Waals surface area contributed by atoms with Gasteiger partial charge in [0, 0.05) is 25.0 Å². The fourth-order valence-corrected chi connectivity index (χ4v) is 4.52. The number of amides is 1. The minimum atomic E-state index is -0.847. The molecule has 2 N–H and O–H groups in total. The maximum atomic E-state index is 13.5. The van der Waals surface area contributed by atoms with E-state index in [0.717, 1.165) is 22.3 Å². The quantitative estimate of drug-likeness (QED) is 0.592. The molecule has 6 nitrogen and oxygen atoms in total. The fourth-order valence-electron chi connectivity index (χ4n) is 4.52. The molecule has 0 radical (unpaired) electrons. The molecule has 3 aromatic rings. The molecule has 34 heavy (non-hydrogen) atoms. The lowest BCUT2D eigenvalue weighted by molar-refractivity contribution is -0.131. The largest absolute Gasteiger partial charge is 0.346 e. The Balaban J connectivity index is 1.83. The molecule has 2 heterocycles. The molecule has 0 spiro atoms. The molecule has 0 aliphatic carbocycles. The lowest BCUT2D eigenvalue weighted by Crippen LogP contribution is -2.62. The van der Waals surface area contributed by atoms with E-state index in [2.05, 4.69) is 49.3 Å². The third-order valence-corrected chi connectivity index (χ3v) is 6.64. The molecule has 172 valence electrons. The molecule has 6 heteroatoms. The molecule has 1 fully saturated rings. The van der Waals surface area contributed by atoms with E-state index < -0.39 is 11.5 Å². The van der Waals surface area contributed by atoms with Crippen LogP contribution in [0.4, 0.5) is 0 Å². The zero-order chi connectivity index (χ0) is 24.7. The van der Waals surface area contributed by atoms with Crippen LogP contribution in [-0.4, -0.2) is 28.8 Å². The Labute approximate surface area is 200 Å². The van der Waals surface area contributed by atoms with Gasteiger partial charge in [-0.1, -0.05) is 63.2 Å². The minimum Gasteiger partial charge on any atom is -0.346 e. The first-order valence-electron chi connectivity index (χ1n) is 11.3. The first-order chi connectivity index (χ1) is 16.0. The van der Waals surface area contributed by atoms with Crippen molar-refractivity contribution >= 4 is 11.9 Å². The number of nitrogens with one attached hydrogen (secondary N) is 2. The molecule has 2 aromatic carbocycles. The average molecular weight is 452 g/mol. The Kier molecular flexibility index (Phi) is 5.74. The Morgan fingerprint density at radius 3 is 2.44 bits per heavy atom. The summed E-state index contributed by atoms with van der Waals surface area (Å²) in [5.74, 6) is -0.596. The topological polar surface area (TPSA) is 92.9 Å². The molecule has 0 saturated carbocycles. The van der Waals surface area contributed by atoms with Crippen molar-refractivity contribution in [3.8, 4) is 17.2 Å². The Hall–Kier alpha value is -3.98. The van der Waals surface area contributed by atoms with E-state index in [-0.39, 0.29) is 17.3 Å². The molecule has 1 aromatic heterocycles. The van der Waals surface area contributed by atoms with Gasteiger partial charge >= 0.3 is 0 Å². The van der Waals surface area contributed by atoms with Gasteiger partial charge in [-0.3, -0.25) is 20.1 Å². The average Bonchev–Trinajstić information content (AvgIpc) is 2.82. The summed E-state index contributed by atoms with van der Waals surface area (Å²) >= 11 is 0. The van der Waals surface area contributed by atoms with E-state index in [1.54, 1.807) is 19.3 Å². The van der Waals surface area contributed by atoms with Crippen LogP contribution >= 0.6 is 0 Å². The van der Waals surface area contributed by atoms with Gasteiger partial charge in [-0.2, -0.15) is 5.26 Å². The normalized spacial score (nSPS) is 20.6. The number of carbonyl (C=O) groups excluding carboxylic acids is 1. The monoisotopic (exact) mass is 451 g/mol. The number of benzene rings is 2. The number of nitrogens with zero attached hydrogens (tertiary/aromatic N) is 3. The van der Waals surface area contributed by atoms with E-state index in [4.69, 9.17) is 5.41 Å². The molecule has 1 aliphatic rings. The fraction of sp³-hybridized carbons (Fsp3) is 0.286. The molecule has 2 atom stereocenters. The summed E-state index contributed by atoms with van der Waals surface area (Å²) in [6.07, 6.45) is 3.25. The predicted molar refractivity (Wildman–Crippen MR) is 133 cm³/mol. The summed E-state index contributed by atoms with van der Waals surface area (Å²) in [7, 11) is 1.63. The van der Waals surface area contributed by atoms with Crippen molar-refractivity contribution < 1.29 is 4.79 Å². The lowest BCUT2D eigenvalue weighted by atomic mass is 9.72. The standard InChI is InChI=1S/C28H29N5O/c1-27(2,3)22-11-9-19(10-12-22)24-25(34)33(5)26(30)32-28(24,4)23-8-6-7-20(14-23)21-13-18(15-29)16-31-17-21/h6-14,16-17,24H,1-5H3,(H2,30,32)/t24-,28+/m0/s1. The van der Waals surface area contributed by atoms with Gasteiger partial charge in [0.15, 0.2) is 5.96 Å². The number of pyridine rings is 1. The maximum absolute atomic E-state index is 13.5. The van der Waals surface area contributed by atoms with Crippen LogP contribution in [0.1, 0.15) is 55.9 Å². The first kappa shape index (κ1) is 23.2. The second-order valence-electron chi connectivity index (χ2n) is 10.0. The molecule has 0 unspecified atom stereocenters. The first-order valence-corrected chi connectivity index (χ1v) is 11.3. The molecule has 4 rings (SSSR count). The highest BCUT2D eigenvalue weighted by atomic mass is 16.2. The summed E-state index contributed by atoms with van der Waals surface area (Å²) < 4.78 is 0. The predicted octanol–water partition coefficient (Wildman–Crippen LogP) is 4.91. The van der Waals surface area contributed by atoms with Crippen LogP contribution in [-0.2, 0) is 15.7 Å². The Morgan fingerprint density at radius 2 is 1.79 bits per heavy atom. The van der Waals surface area contributed by atoms with Crippen LogP contribution in [0.15, 0.2) is 67.0 Å². The van der Waals surface area contributed by atoms with Crippen LogP contribution in [0.2, 0.25) is 0 Å². The molecule has 1 amide bonds. The van der Waals surface area contributed by atoms with Crippen LogP contribution in [0.25, 0.3) is 11.1 Å². The second kappa shape index (κ2) is 8.42. The summed E-state index contributed by atoms with van der Waals surface area (Å²) in [5.41, 5.74) is 4.34. The van der Waals surface area contributed by atoms with Crippen molar-refractivity contribution in [3.05, 3.63) is 89.2 Å². The van der Waals surface area contributed by atoms with Gasteiger partial charge in [0.2, 0.25) is 5.91 Å². The van der Waals surface area contributed by atoms with E-state index in [9.17, 15) is 10.1 Å². The van der Waals surface area contributed by atoms with E-state index in [1.807, 2.05) is 43.3 Å². The van der Waals surface area contributed by atoms with Gasteiger partial charge in [-0.15, -0.1) is 0 Å². The maximum Gasteiger partial charge on any atom is 0.239 e. The summed E-state index contributed by atoms with van der Waals surface area (Å²) in [6, 6.07) is 20.0. The highest BCUT2D eigenvalue weighted by Gasteiger charge is 2.48. The highest BCUT2D eigenvalue weighted by molar-refractivity contribution is 6.02. The zero-order valence-electron chi connectivity index (χ0n) is 20.2. The number of rotatable bonds is 3. The lowest BCUT2D eigenvalue weighted by Gasteiger charge is -2.46. The molecular formula is C28H29N5O. The third-order valence-electron chi connectivity index (χ3n) is 6.64. The number of nitriles is 1. The van der Waals surface area contributed by atoms with E-state index >= 15 is 0 Å². The van der Waals surface area contributed by atoms with Crippen molar-refractivity contribution in [1.82, 2.24) is 15.2 Å². The van der Waals surface area contributed by atoms with Crippen molar-refractivity contribution in [1.29, 1.82) is 10.7 Å². The van der Waals surface area contributed by atoms with Crippen molar-refractivity contribution in [2.75, 3.05) is 7.05 Å². The summed E-state index contributed by atoms with van der Waals surface area (Å²) in [5, 5.41) is 21.0. The zero-order valence-corrected chi connectivity index (χ0v) is 20.2. The Bertz CT molecular complexity index is 1300. The highest BCUT2D eigenvalue weighted by Crippen LogP contribution is 2.42. The second-order valence-corrected chi connectivity index (χ2v) is 10.0. The Morgan fingerprint density at radius 1 is 1.09 bits per heavy atom. The van der Waals surface area contributed by atoms with Gasteiger partial charge in [0.25, 0.3) is 0 Å². The third kappa shape index (κ3) is 4.06. The smallest absolute Gasteiger partial charge is 0.239 e.